The molecule has 1 aromatic rings. The van der Waals surface area contributed by atoms with E-state index in [9.17, 15) is 9.59 Å². The van der Waals surface area contributed by atoms with E-state index in [-0.39, 0.29) is 24.8 Å². The van der Waals surface area contributed by atoms with Crippen molar-refractivity contribution in [2.45, 2.75) is 26.7 Å². The van der Waals surface area contributed by atoms with Gasteiger partial charge in [-0.25, -0.2) is 0 Å². The predicted molar refractivity (Wildman–Crippen MR) is 95.5 cm³/mol. The molecule has 0 saturated carbocycles. The van der Waals surface area contributed by atoms with Gasteiger partial charge in [0, 0.05) is 25.1 Å². The summed E-state index contributed by atoms with van der Waals surface area (Å²) in [5.41, 5.74) is 0.370. The summed E-state index contributed by atoms with van der Waals surface area (Å²) in [5.74, 6) is 1.38. The van der Waals surface area contributed by atoms with E-state index < -0.39 is 0 Å². The van der Waals surface area contributed by atoms with Crippen LogP contribution in [0.25, 0.3) is 0 Å². The lowest BCUT2D eigenvalue weighted by molar-refractivity contribution is -0.120. The minimum absolute atomic E-state index is 0.0779. The lowest BCUT2D eigenvalue weighted by atomic mass is 10.1. The van der Waals surface area contributed by atoms with E-state index in [0.717, 1.165) is 6.42 Å². The zero-order chi connectivity index (χ0) is 18.8. The van der Waals surface area contributed by atoms with Crippen molar-refractivity contribution >= 4 is 11.8 Å². The quantitative estimate of drug-likeness (QED) is 0.673. The molecule has 140 valence electrons. The van der Waals surface area contributed by atoms with Crippen LogP contribution in [-0.2, 0) is 4.79 Å². The number of rotatable bonds is 10. The molecule has 1 aromatic carbocycles. The molecule has 0 unspecified atom stereocenters. The summed E-state index contributed by atoms with van der Waals surface area (Å²) >= 11 is 0. The Morgan fingerprint density at radius 2 is 1.56 bits per heavy atom. The number of ether oxygens (including phenoxy) is 3. The fraction of sp³-hybridized carbons (Fsp3) is 0.556. The van der Waals surface area contributed by atoms with E-state index in [4.69, 9.17) is 14.2 Å². The lowest BCUT2D eigenvalue weighted by Crippen LogP contribution is -2.31. The van der Waals surface area contributed by atoms with Gasteiger partial charge in [-0.1, -0.05) is 13.8 Å². The molecular formula is C18H28N2O5. The van der Waals surface area contributed by atoms with E-state index >= 15 is 0 Å². The zero-order valence-electron chi connectivity index (χ0n) is 15.6. The molecule has 1 rings (SSSR count). The molecule has 0 heterocycles. The molecule has 0 spiro atoms. The molecule has 0 fully saturated rings. The molecule has 0 saturated heterocycles. The second-order valence-electron chi connectivity index (χ2n) is 5.95. The second kappa shape index (κ2) is 10.4. The topological polar surface area (TPSA) is 85.9 Å². The average molecular weight is 352 g/mol. The summed E-state index contributed by atoms with van der Waals surface area (Å²) in [6.45, 7) is 5.11. The summed E-state index contributed by atoms with van der Waals surface area (Å²) in [4.78, 5) is 24.0. The maximum absolute atomic E-state index is 12.3. The Bertz CT molecular complexity index is 562. The number of carbonyl (C=O) groups excluding carboxylic acids is 2. The number of methoxy groups -OCH3 is 3. The van der Waals surface area contributed by atoms with E-state index in [1.54, 1.807) is 12.1 Å². The SMILES string of the molecule is COc1cc(C(=O)NCCC(=O)NCCC(C)C)cc(OC)c1OC. The highest BCUT2D eigenvalue weighted by atomic mass is 16.5. The Balaban J connectivity index is 2.59. The van der Waals surface area contributed by atoms with Crippen LogP contribution < -0.4 is 24.8 Å². The predicted octanol–water partition coefficient (Wildman–Crippen LogP) is 1.99. The normalized spacial score (nSPS) is 10.3. The number of benzene rings is 1. The van der Waals surface area contributed by atoms with E-state index in [1.807, 2.05) is 0 Å². The van der Waals surface area contributed by atoms with Gasteiger partial charge in [-0.3, -0.25) is 9.59 Å². The number of hydrogen-bond acceptors (Lipinski definition) is 5. The molecule has 0 aromatic heterocycles. The summed E-state index contributed by atoms with van der Waals surface area (Å²) in [6, 6.07) is 3.14. The Morgan fingerprint density at radius 1 is 0.960 bits per heavy atom. The van der Waals surface area contributed by atoms with Crippen molar-refractivity contribution in [2.75, 3.05) is 34.4 Å². The van der Waals surface area contributed by atoms with E-state index in [1.165, 1.54) is 21.3 Å². The van der Waals surface area contributed by atoms with Crippen LogP contribution in [0.2, 0.25) is 0 Å². The Kier molecular flexibility index (Phi) is 8.60. The molecule has 0 aliphatic heterocycles. The van der Waals surface area contributed by atoms with Crippen LogP contribution in [0.15, 0.2) is 12.1 Å². The summed E-state index contributed by atoms with van der Waals surface area (Å²) < 4.78 is 15.7. The third kappa shape index (κ3) is 6.52. The first kappa shape index (κ1) is 20.6. The first-order valence-electron chi connectivity index (χ1n) is 8.27. The largest absolute Gasteiger partial charge is 0.493 e. The Labute approximate surface area is 149 Å². The van der Waals surface area contributed by atoms with Gasteiger partial charge in [0.15, 0.2) is 11.5 Å². The molecule has 0 atom stereocenters. The summed E-state index contributed by atoms with van der Waals surface area (Å²) in [7, 11) is 4.47. The number of carbonyl (C=O) groups is 2. The van der Waals surface area contributed by atoms with Crippen molar-refractivity contribution in [1.29, 1.82) is 0 Å². The molecule has 7 nitrogen and oxygen atoms in total. The first-order valence-corrected chi connectivity index (χ1v) is 8.27. The van der Waals surface area contributed by atoms with Crippen molar-refractivity contribution in [3.63, 3.8) is 0 Å². The molecule has 25 heavy (non-hydrogen) atoms. The van der Waals surface area contributed by atoms with Crippen LogP contribution in [0.1, 0.15) is 37.0 Å². The third-order valence-electron chi connectivity index (χ3n) is 3.61. The maximum Gasteiger partial charge on any atom is 0.251 e. The molecule has 0 bridgehead atoms. The molecule has 7 heteroatoms. The van der Waals surface area contributed by atoms with Crippen molar-refractivity contribution in [2.24, 2.45) is 5.92 Å². The van der Waals surface area contributed by atoms with Crippen LogP contribution in [0.5, 0.6) is 17.2 Å². The minimum Gasteiger partial charge on any atom is -0.493 e. The Hall–Kier alpha value is -2.44. The average Bonchev–Trinajstić information content (AvgIpc) is 2.59. The third-order valence-corrected chi connectivity index (χ3v) is 3.61. The molecular weight excluding hydrogens is 324 g/mol. The van der Waals surface area contributed by atoms with Gasteiger partial charge in [-0.15, -0.1) is 0 Å². The highest BCUT2D eigenvalue weighted by Crippen LogP contribution is 2.38. The van der Waals surface area contributed by atoms with Gasteiger partial charge in [0.25, 0.3) is 5.91 Å². The van der Waals surface area contributed by atoms with Crippen molar-refractivity contribution < 1.29 is 23.8 Å². The summed E-state index contributed by atoms with van der Waals surface area (Å²) in [6.07, 6.45) is 1.16. The van der Waals surface area contributed by atoms with Gasteiger partial charge in [0.1, 0.15) is 0 Å². The van der Waals surface area contributed by atoms with Gasteiger partial charge < -0.3 is 24.8 Å². The summed E-state index contributed by atoms with van der Waals surface area (Å²) in [5, 5.41) is 5.55. The molecule has 0 aliphatic carbocycles. The minimum atomic E-state index is -0.311. The standard InChI is InChI=1S/C18H28N2O5/c1-12(2)6-8-19-16(21)7-9-20-18(22)13-10-14(23-3)17(25-5)15(11-13)24-4/h10-12H,6-9H2,1-5H3,(H,19,21)(H,20,22). The molecule has 0 aliphatic rings. The molecule has 0 radical (unpaired) electrons. The number of nitrogens with one attached hydrogen (secondary N) is 2. The van der Waals surface area contributed by atoms with E-state index in [0.29, 0.717) is 35.3 Å². The highest BCUT2D eigenvalue weighted by Gasteiger charge is 2.17. The number of hydrogen-bond donors (Lipinski definition) is 2. The van der Waals surface area contributed by atoms with Crippen molar-refractivity contribution in [3.05, 3.63) is 17.7 Å². The monoisotopic (exact) mass is 352 g/mol. The van der Waals surface area contributed by atoms with Crippen molar-refractivity contribution in [1.82, 2.24) is 10.6 Å². The second-order valence-corrected chi connectivity index (χ2v) is 5.95. The van der Waals surface area contributed by atoms with Crippen LogP contribution >= 0.6 is 0 Å². The van der Waals surface area contributed by atoms with Crippen LogP contribution in [0.3, 0.4) is 0 Å². The first-order chi connectivity index (χ1) is 11.9. The van der Waals surface area contributed by atoms with Crippen molar-refractivity contribution in [3.8, 4) is 17.2 Å². The number of amides is 2. The molecule has 2 amide bonds. The Morgan fingerprint density at radius 3 is 2.04 bits per heavy atom. The van der Waals surface area contributed by atoms with Crippen LogP contribution in [0, 0.1) is 5.92 Å². The zero-order valence-corrected chi connectivity index (χ0v) is 15.6. The van der Waals surface area contributed by atoms with Gasteiger partial charge in [0.2, 0.25) is 11.7 Å². The fourth-order valence-electron chi connectivity index (χ4n) is 2.19. The molecule has 2 N–H and O–H groups in total. The van der Waals surface area contributed by atoms with Gasteiger partial charge in [0.05, 0.1) is 21.3 Å². The van der Waals surface area contributed by atoms with E-state index in [2.05, 4.69) is 24.5 Å². The maximum atomic E-state index is 12.3. The lowest BCUT2D eigenvalue weighted by Gasteiger charge is -2.14. The van der Waals surface area contributed by atoms with Gasteiger partial charge in [-0.2, -0.15) is 0 Å². The van der Waals surface area contributed by atoms with Gasteiger partial charge >= 0.3 is 0 Å². The van der Waals surface area contributed by atoms with Gasteiger partial charge in [-0.05, 0) is 24.5 Å². The van der Waals surface area contributed by atoms with Crippen LogP contribution in [-0.4, -0.2) is 46.2 Å². The smallest absolute Gasteiger partial charge is 0.251 e. The fourth-order valence-corrected chi connectivity index (χ4v) is 2.19. The van der Waals surface area contributed by atoms with Crippen LogP contribution in [0.4, 0.5) is 0 Å². The highest BCUT2D eigenvalue weighted by molar-refractivity contribution is 5.95.